The van der Waals surface area contributed by atoms with Gasteiger partial charge in [0.2, 0.25) is 0 Å². The molecule has 1 aliphatic carbocycles. The monoisotopic (exact) mass is 296 g/mol. The fourth-order valence-corrected chi connectivity index (χ4v) is 2.99. The SMILES string of the molecule is CCCCCCCCCCC(CCC)OC(=O)C1CCC1. The molecule has 2 heteroatoms. The first-order valence-corrected chi connectivity index (χ1v) is 9.48. The smallest absolute Gasteiger partial charge is 0.309 e. The minimum Gasteiger partial charge on any atom is -0.462 e. The highest BCUT2D eigenvalue weighted by Crippen LogP contribution is 2.28. The minimum absolute atomic E-state index is 0.0827. The Labute approximate surface area is 132 Å². The maximum atomic E-state index is 11.9. The van der Waals surface area contributed by atoms with Gasteiger partial charge in [0, 0.05) is 0 Å². The van der Waals surface area contributed by atoms with E-state index in [1.807, 2.05) is 0 Å². The zero-order valence-electron chi connectivity index (χ0n) is 14.4. The molecular weight excluding hydrogens is 260 g/mol. The summed E-state index contributed by atoms with van der Waals surface area (Å²) in [4.78, 5) is 11.9. The number of carbonyl (C=O) groups excluding carboxylic acids is 1. The van der Waals surface area contributed by atoms with Gasteiger partial charge in [-0.15, -0.1) is 0 Å². The highest BCUT2D eigenvalue weighted by atomic mass is 16.5. The van der Waals surface area contributed by atoms with Crippen molar-refractivity contribution >= 4 is 5.97 Å². The van der Waals surface area contributed by atoms with Crippen molar-refractivity contribution in [1.82, 2.24) is 0 Å². The molecule has 1 aliphatic rings. The van der Waals surface area contributed by atoms with Gasteiger partial charge in [-0.1, -0.05) is 71.6 Å². The standard InChI is InChI=1S/C19H36O2/c1-3-5-6-7-8-9-10-11-16-18(13-4-2)21-19(20)17-14-12-15-17/h17-18H,3-16H2,1-2H3. The lowest BCUT2D eigenvalue weighted by Crippen LogP contribution is -2.28. The summed E-state index contributed by atoms with van der Waals surface area (Å²) in [6.45, 7) is 4.44. The Morgan fingerprint density at radius 1 is 0.905 bits per heavy atom. The summed E-state index contributed by atoms with van der Waals surface area (Å²) in [7, 11) is 0. The molecular formula is C19H36O2. The van der Waals surface area contributed by atoms with E-state index in [0.29, 0.717) is 0 Å². The number of rotatable bonds is 13. The van der Waals surface area contributed by atoms with Gasteiger partial charge in [0.15, 0.2) is 0 Å². The number of hydrogen-bond acceptors (Lipinski definition) is 2. The lowest BCUT2D eigenvalue weighted by molar-refractivity contribution is -0.157. The third-order valence-electron chi connectivity index (χ3n) is 4.71. The van der Waals surface area contributed by atoms with Crippen LogP contribution < -0.4 is 0 Å². The molecule has 0 bridgehead atoms. The Balaban J connectivity index is 2.03. The highest BCUT2D eigenvalue weighted by molar-refractivity contribution is 5.73. The first-order chi connectivity index (χ1) is 10.3. The molecule has 1 saturated carbocycles. The zero-order valence-corrected chi connectivity index (χ0v) is 14.4. The van der Waals surface area contributed by atoms with Gasteiger partial charge in [-0.3, -0.25) is 4.79 Å². The van der Waals surface area contributed by atoms with E-state index in [1.54, 1.807) is 0 Å². The van der Waals surface area contributed by atoms with Crippen molar-refractivity contribution in [3.05, 3.63) is 0 Å². The van der Waals surface area contributed by atoms with Crippen molar-refractivity contribution in [2.75, 3.05) is 0 Å². The van der Waals surface area contributed by atoms with E-state index in [0.717, 1.165) is 32.1 Å². The van der Waals surface area contributed by atoms with Crippen LogP contribution in [-0.4, -0.2) is 12.1 Å². The van der Waals surface area contributed by atoms with Gasteiger partial charge in [0.1, 0.15) is 6.10 Å². The molecule has 21 heavy (non-hydrogen) atoms. The van der Waals surface area contributed by atoms with Crippen molar-refractivity contribution < 1.29 is 9.53 Å². The van der Waals surface area contributed by atoms with Gasteiger partial charge in [-0.25, -0.2) is 0 Å². The van der Waals surface area contributed by atoms with E-state index >= 15 is 0 Å². The zero-order chi connectivity index (χ0) is 15.3. The molecule has 1 atom stereocenters. The predicted molar refractivity (Wildman–Crippen MR) is 89.4 cm³/mol. The molecule has 0 aromatic rings. The highest BCUT2D eigenvalue weighted by Gasteiger charge is 2.28. The van der Waals surface area contributed by atoms with Crippen molar-refractivity contribution in [3.8, 4) is 0 Å². The van der Waals surface area contributed by atoms with Gasteiger partial charge in [0.25, 0.3) is 0 Å². The summed E-state index contributed by atoms with van der Waals surface area (Å²) in [5.74, 6) is 0.308. The summed E-state index contributed by atoms with van der Waals surface area (Å²) in [6.07, 6.45) is 17.4. The van der Waals surface area contributed by atoms with Crippen molar-refractivity contribution in [3.63, 3.8) is 0 Å². The van der Waals surface area contributed by atoms with Crippen LogP contribution in [0.15, 0.2) is 0 Å². The quantitative estimate of drug-likeness (QED) is 0.306. The Morgan fingerprint density at radius 3 is 2.05 bits per heavy atom. The normalized spacial score (nSPS) is 16.5. The Morgan fingerprint density at radius 2 is 1.52 bits per heavy atom. The second-order valence-electron chi connectivity index (χ2n) is 6.74. The summed E-state index contributed by atoms with van der Waals surface area (Å²) in [6, 6.07) is 0. The largest absolute Gasteiger partial charge is 0.462 e. The third kappa shape index (κ3) is 8.48. The van der Waals surface area contributed by atoms with Crippen LogP contribution in [0, 0.1) is 5.92 Å². The van der Waals surface area contributed by atoms with E-state index in [9.17, 15) is 4.79 Å². The number of unbranched alkanes of at least 4 members (excludes halogenated alkanes) is 7. The first kappa shape index (κ1) is 18.5. The minimum atomic E-state index is 0.0827. The topological polar surface area (TPSA) is 26.3 Å². The molecule has 124 valence electrons. The number of ether oxygens (including phenoxy) is 1. The molecule has 0 radical (unpaired) electrons. The third-order valence-corrected chi connectivity index (χ3v) is 4.71. The molecule has 1 rings (SSSR count). The molecule has 0 aromatic heterocycles. The van der Waals surface area contributed by atoms with E-state index in [-0.39, 0.29) is 18.0 Å². The van der Waals surface area contributed by atoms with E-state index in [2.05, 4.69) is 13.8 Å². The molecule has 1 fully saturated rings. The average Bonchev–Trinajstić information content (AvgIpc) is 2.40. The fourth-order valence-electron chi connectivity index (χ4n) is 2.99. The van der Waals surface area contributed by atoms with Crippen LogP contribution in [0.3, 0.4) is 0 Å². The lowest BCUT2D eigenvalue weighted by atomic mass is 9.85. The molecule has 0 aliphatic heterocycles. The first-order valence-electron chi connectivity index (χ1n) is 9.48. The maximum Gasteiger partial charge on any atom is 0.309 e. The van der Waals surface area contributed by atoms with Crippen LogP contribution >= 0.6 is 0 Å². The van der Waals surface area contributed by atoms with Gasteiger partial charge in [0.05, 0.1) is 5.92 Å². The van der Waals surface area contributed by atoms with Crippen molar-refractivity contribution in [2.24, 2.45) is 5.92 Å². The van der Waals surface area contributed by atoms with Crippen LogP contribution in [0.1, 0.15) is 104 Å². The maximum absolute atomic E-state index is 11.9. The number of carbonyl (C=O) groups is 1. The van der Waals surface area contributed by atoms with Gasteiger partial charge in [-0.05, 0) is 32.1 Å². The summed E-state index contributed by atoms with van der Waals surface area (Å²) >= 11 is 0. The molecule has 0 amide bonds. The van der Waals surface area contributed by atoms with Crippen LogP contribution in [0.5, 0.6) is 0 Å². The van der Waals surface area contributed by atoms with Crippen molar-refractivity contribution in [2.45, 2.75) is 110 Å². The second-order valence-corrected chi connectivity index (χ2v) is 6.74. The van der Waals surface area contributed by atoms with Crippen molar-refractivity contribution in [1.29, 1.82) is 0 Å². The molecule has 2 nitrogen and oxygen atoms in total. The molecule has 0 aromatic carbocycles. The summed E-state index contributed by atoms with van der Waals surface area (Å²) in [5, 5.41) is 0. The fraction of sp³-hybridized carbons (Fsp3) is 0.947. The Kier molecular flexibility index (Phi) is 10.6. The van der Waals surface area contributed by atoms with Crippen LogP contribution in [0.2, 0.25) is 0 Å². The Bertz CT molecular complexity index is 258. The number of hydrogen-bond donors (Lipinski definition) is 0. The van der Waals surface area contributed by atoms with Gasteiger partial charge >= 0.3 is 5.97 Å². The lowest BCUT2D eigenvalue weighted by Gasteiger charge is -2.26. The molecule has 0 N–H and O–H groups in total. The summed E-state index contributed by atoms with van der Waals surface area (Å²) in [5.41, 5.74) is 0. The van der Waals surface area contributed by atoms with Gasteiger partial charge in [-0.2, -0.15) is 0 Å². The molecule has 1 unspecified atom stereocenters. The Hall–Kier alpha value is -0.530. The van der Waals surface area contributed by atoms with Crippen LogP contribution in [0.25, 0.3) is 0 Å². The van der Waals surface area contributed by atoms with E-state index in [1.165, 1.54) is 57.8 Å². The second kappa shape index (κ2) is 12.1. The summed E-state index contributed by atoms with van der Waals surface area (Å²) < 4.78 is 5.72. The molecule has 0 spiro atoms. The van der Waals surface area contributed by atoms with Gasteiger partial charge < -0.3 is 4.74 Å². The van der Waals surface area contributed by atoms with Crippen LogP contribution in [0.4, 0.5) is 0 Å². The van der Waals surface area contributed by atoms with E-state index < -0.39 is 0 Å². The van der Waals surface area contributed by atoms with E-state index in [4.69, 9.17) is 4.74 Å². The number of esters is 1. The molecule has 0 saturated heterocycles. The predicted octanol–water partition coefficient (Wildman–Crippen LogP) is 6.03. The molecule has 0 heterocycles. The van der Waals surface area contributed by atoms with Crippen LogP contribution in [-0.2, 0) is 9.53 Å². The average molecular weight is 296 g/mol.